The van der Waals surface area contributed by atoms with Crippen molar-refractivity contribution in [3.8, 4) is 33.6 Å². The van der Waals surface area contributed by atoms with E-state index in [0.717, 1.165) is 38.8 Å². The molecule has 0 amide bonds. The average Bonchev–Trinajstić information content (AvgIpc) is 3.78. The molecule has 3 heterocycles. The van der Waals surface area contributed by atoms with Crippen LogP contribution in [-0.4, -0.2) is 9.13 Å². The molecule has 3 nitrogen and oxygen atoms in total. The van der Waals surface area contributed by atoms with Crippen molar-refractivity contribution in [3.05, 3.63) is 170 Å². The molecule has 10 rings (SSSR count). The highest BCUT2D eigenvalue weighted by Gasteiger charge is 2.20. The van der Waals surface area contributed by atoms with Gasteiger partial charge in [-0.2, -0.15) is 0 Å². The molecule has 0 unspecified atom stereocenters. The first kappa shape index (κ1) is 26.0. The van der Waals surface area contributed by atoms with Crippen molar-refractivity contribution in [2.75, 3.05) is 0 Å². The number of hydrogen-bond donors (Lipinski definition) is 0. The van der Waals surface area contributed by atoms with Gasteiger partial charge in [-0.25, -0.2) is 0 Å². The van der Waals surface area contributed by atoms with E-state index in [1.54, 1.807) is 0 Å². The van der Waals surface area contributed by atoms with E-state index >= 15 is 0 Å². The summed E-state index contributed by atoms with van der Waals surface area (Å²) in [6.45, 7) is 0. The summed E-state index contributed by atoms with van der Waals surface area (Å²) in [5.74, 6) is 0. The molecule has 7 aromatic carbocycles. The van der Waals surface area contributed by atoms with Gasteiger partial charge < -0.3 is 8.98 Å². The van der Waals surface area contributed by atoms with Crippen molar-refractivity contribution in [3.63, 3.8) is 0 Å². The minimum Gasteiger partial charge on any atom is -0.439 e. The molecule has 0 N–H and O–H groups in total. The lowest BCUT2D eigenvalue weighted by Crippen LogP contribution is -1.97. The Labute approximate surface area is 271 Å². The molecule has 0 saturated heterocycles. The second kappa shape index (κ2) is 10.1. The van der Waals surface area contributed by atoms with Gasteiger partial charge in [-0.3, -0.25) is 4.57 Å². The largest absolute Gasteiger partial charge is 0.439 e. The zero-order valence-corrected chi connectivity index (χ0v) is 25.5. The second-order valence-corrected chi connectivity index (χ2v) is 12.1. The van der Waals surface area contributed by atoms with Gasteiger partial charge in [-0.05, 0) is 65.2 Å². The molecule has 0 aliphatic carbocycles. The SMILES string of the molecule is c1ccc(-n2c3cc(-c4cccc(-c5ccccc5-n5c6ccccc6c6ccccc65)c4)ccc3c3c4ccccc4oc32)cc1. The third-order valence-corrected chi connectivity index (χ3v) is 9.53. The van der Waals surface area contributed by atoms with E-state index in [0.29, 0.717) is 0 Å². The molecule has 3 aromatic heterocycles. The zero-order valence-electron chi connectivity index (χ0n) is 25.5. The molecule has 0 aliphatic heterocycles. The van der Waals surface area contributed by atoms with E-state index in [1.165, 1.54) is 49.6 Å². The maximum absolute atomic E-state index is 6.52. The Hall–Kier alpha value is -6.32. The third kappa shape index (κ3) is 3.87. The Kier molecular flexibility index (Phi) is 5.57. The lowest BCUT2D eigenvalue weighted by Gasteiger charge is -2.15. The molecule has 47 heavy (non-hydrogen) atoms. The van der Waals surface area contributed by atoms with E-state index in [9.17, 15) is 0 Å². The number of para-hydroxylation sites is 5. The molecule has 220 valence electrons. The van der Waals surface area contributed by atoms with Gasteiger partial charge in [0.15, 0.2) is 0 Å². The fourth-order valence-corrected chi connectivity index (χ4v) is 7.46. The number of nitrogens with zero attached hydrogens (tertiary/aromatic N) is 2. The minimum atomic E-state index is 0.874. The molecular formula is C44H28N2O. The van der Waals surface area contributed by atoms with Crippen LogP contribution in [0.3, 0.4) is 0 Å². The van der Waals surface area contributed by atoms with Crippen LogP contribution in [0.4, 0.5) is 0 Å². The van der Waals surface area contributed by atoms with Crippen LogP contribution in [-0.2, 0) is 0 Å². The monoisotopic (exact) mass is 600 g/mol. The summed E-state index contributed by atoms with van der Waals surface area (Å²) < 4.78 is 11.2. The number of fused-ring (bicyclic) bond motifs is 8. The molecule has 0 fully saturated rings. The van der Waals surface area contributed by atoms with E-state index in [4.69, 9.17) is 4.42 Å². The van der Waals surface area contributed by atoms with Crippen LogP contribution in [0.1, 0.15) is 0 Å². The van der Waals surface area contributed by atoms with E-state index in [1.807, 2.05) is 12.1 Å². The van der Waals surface area contributed by atoms with Crippen LogP contribution in [0.25, 0.3) is 88.4 Å². The van der Waals surface area contributed by atoms with Gasteiger partial charge in [0.05, 0.1) is 27.6 Å². The number of rotatable bonds is 4. The van der Waals surface area contributed by atoms with E-state index in [-0.39, 0.29) is 0 Å². The van der Waals surface area contributed by atoms with Crippen molar-refractivity contribution >= 4 is 54.8 Å². The van der Waals surface area contributed by atoms with Gasteiger partial charge in [0, 0.05) is 32.8 Å². The van der Waals surface area contributed by atoms with Gasteiger partial charge in [0.1, 0.15) is 5.58 Å². The molecule has 0 spiro atoms. The molecule has 0 atom stereocenters. The Morgan fingerprint density at radius 2 is 1.02 bits per heavy atom. The highest BCUT2D eigenvalue weighted by Crippen LogP contribution is 2.41. The first-order chi connectivity index (χ1) is 23.3. The number of aromatic nitrogens is 2. The molecule has 0 aliphatic rings. The second-order valence-electron chi connectivity index (χ2n) is 12.1. The van der Waals surface area contributed by atoms with Crippen LogP contribution in [0.15, 0.2) is 174 Å². The molecule has 0 saturated carbocycles. The van der Waals surface area contributed by atoms with Gasteiger partial charge >= 0.3 is 0 Å². The summed E-state index contributed by atoms with van der Waals surface area (Å²) in [4.78, 5) is 0. The molecular weight excluding hydrogens is 572 g/mol. The van der Waals surface area contributed by atoms with Crippen molar-refractivity contribution in [1.82, 2.24) is 9.13 Å². The Bertz CT molecular complexity index is 2740. The predicted molar refractivity (Wildman–Crippen MR) is 196 cm³/mol. The van der Waals surface area contributed by atoms with E-state index < -0.39 is 0 Å². The quantitative estimate of drug-likeness (QED) is 0.197. The van der Waals surface area contributed by atoms with Crippen molar-refractivity contribution in [1.29, 1.82) is 0 Å². The fourth-order valence-electron chi connectivity index (χ4n) is 7.46. The van der Waals surface area contributed by atoms with Crippen molar-refractivity contribution < 1.29 is 4.42 Å². The Morgan fingerprint density at radius 3 is 1.83 bits per heavy atom. The number of furan rings is 1. The smallest absolute Gasteiger partial charge is 0.213 e. The summed E-state index contributed by atoms with van der Waals surface area (Å²) >= 11 is 0. The third-order valence-electron chi connectivity index (χ3n) is 9.53. The maximum atomic E-state index is 6.52. The van der Waals surface area contributed by atoms with Gasteiger partial charge in [0.2, 0.25) is 5.71 Å². The first-order valence-corrected chi connectivity index (χ1v) is 16.0. The lowest BCUT2D eigenvalue weighted by atomic mass is 9.97. The topological polar surface area (TPSA) is 23.0 Å². The summed E-state index contributed by atoms with van der Waals surface area (Å²) in [6.07, 6.45) is 0. The lowest BCUT2D eigenvalue weighted by molar-refractivity contribution is 0.645. The predicted octanol–water partition coefficient (Wildman–Crippen LogP) is 12.0. The average molecular weight is 601 g/mol. The van der Waals surface area contributed by atoms with E-state index in [2.05, 4.69) is 167 Å². The van der Waals surface area contributed by atoms with Crippen molar-refractivity contribution in [2.24, 2.45) is 0 Å². The maximum Gasteiger partial charge on any atom is 0.213 e. The normalized spacial score (nSPS) is 11.8. The summed E-state index contributed by atoms with van der Waals surface area (Å²) in [5.41, 5.74) is 12.3. The van der Waals surface area contributed by atoms with Crippen LogP contribution in [0.2, 0.25) is 0 Å². The van der Waals surface area contributed by atoms with Crippen LogP contribution >= 0.6 is 0 Å². The minimum absolute atomic E-state index is 0.874. The summed E-state index contributed by atoms with van der Waals surface area (Å²) in [6, 6.07) is 60.7. The Morgan fingerprint density at radius 1 is 0.383 bits per heavy atom. The van der Waals surface area contributed by atoms with Gasteiger partial charge in [0.25, 0.3) is 0 Å². The number of benzene rings is 7. The van der Waals surface area contributed by atoms with Gasteiger partial charge in [-0.1, -0.05) is 121 Å². The van der Waals surface area contributed by atoms with Crippen LogP contribution in [0, 0.1) is 0 Å². The molecule has 0 radical (unpaired) electrons. The molecule has 10 aromatic rings. The van der Waals surface area contributed by atoms with Crippen LogP contribution in [0.5, 0.6) is 0 Å². The zero-order chi connectivity index (χ0) is 30.9. The highest BCUT2D eigenvalue weighted by molar-refractivity contribution is 6.20. The fraction of sp³-hybridized carbons (Fsp3) is 0. The van der Waals surface area contributed by atoms with Crippen molar-refractivity contribution in [2.45, 2.75) is 0 Å². The molecule has 3 heteroatoms. The van der Waals surface area contributed by atoms with Crippen LogP contribution < -0.4 is 0 Å². The molecule has 0 bridgehead atoms. The number of hydrogen-bond acceptors (Lipinski definition) is 1. The summed E-state index contributed by atoms with van der Waals surface area (Å²) in [5, 5.41) is 6.00. The van der Waals surface area contributed by atoms with Gasteiger partial charge in [-0.15, -0.1) is 0 Å². The standard InChI is InChI=1S/C44H28N2O/c1-2-15-32(16-3-1)45-41-28-30(25-26-36(41)43-37-20-7-11-24-42(37)47-44(43)45)29-13-12-14-31(27-29)33-17-4-8-21-38(33)46-39-22-9-5-18-34(39)35-19-6-10-23-40(35)46/h1-28H. The highest BCUT2D eigenvalue weighted by atomic mass is 16.3. The first-order valence-electron chi connectivity index (χ1n) is 16.0. The summed E-state index contributed by atoms with van der Waals surface area (Å²) in [7, 11) is 0. The Balaban J connectivity index is 1.17.